The number of nitrogens with two attached hydrogens (primary N) is 1. The Morgan fingerprint density at radius 1 is 1.19 bits per heavy atom. The van der Waals surface area contributed by atoms with E-state index >= 15 is 0 Å². The van der Waals surface area contributed by atoms with E-state index in [9.17, 15) is 4.79 Å². The second-order valence-electron chi connectivity index (χ2n) is 8.52. The third-order valence-corrected chi connectivity index (χ3v) is 6.57. The Balaban J connectivity index is 1.91. The summed E-state index contributed by atoms with van der Waals surface area (Å²) in [5.74, 6) is 0.850. The van der Waals surface area contributed by atoms with Gasteiger partial charge in [0, 0.05) is 16.6 Å². The minimum Gasteiger partial charge on any atom is -0.491 e. The van der Waals surface area contributed by atoms with Gasteiger partial charge < -0.3 is 15.8 Å². The van der Waals surface area contributed by atoms with Gasteiger partial charge in [-0.25, -0.2) is 9.80 Å². The molecule has 172 valence electrons. The number of carbonyl (C=O) groups is 1. The highest BCUT2D eigenvalue weighted by atomic mass is 35.5. The van der Waals surface area contributed by atoms with E-state index in [1.165, 1.54) is 5.01 Å². The third kappa shape index (κ3) is 5.25. The van der Waals surface area contributed by atoms with E-state index in [4.69, 9.17) is 27.2 Å². The number of amides is 2. The van der Waals surface area contributed by atoms with Crippen LogP contribution in [0.2, 0.25) is 5.02 Å². The van der Waals surface area contributed by atoms with Crippen LogP contribution in [0.5, 0.6) is 5.75 Å². The quantitative estimate of drug-likeness (QED) is 0.529. The number of nitrogens with zero attached hydrogens (tertiary/aromatic N) is 2. The predicted octanol–water partition coefficient (Wildman–Crippen LogP) is 5.76. The van der Waals surface area contributed by atoms with Crippen molar-refractivity contribution < 1.29 is 9.53 Å². The minimum atomic E-state index is -0.273. The number of rotatable bonds is 8. The van der Waals surface area contributed by atoms with Crippen LogP contribution in [-0.2, 0) is 0 Å². The fraction of sp³-hybridized carbons (Fsp3) is 0.440. The van der Waals surface area contributed by atoms with E-state index in [1.807, 2.05) is 38.1 Å². The number of halogens is 1. The van der Waals surface area contributed by atoms with Crippen LogP contribution in [0.15, 0.2) is 53.6 Å². The molecule has 0 fully saturated rings. The number of anilines is 1. The standard InChI is InChI=1S/C25H33ClN4O2/c1-5-25(6-2,16-27)22-15-30(24(31)28-20-11-9-19(26)10-12-20)29-23(22)18-7-13-21(14-8-18)32-17(3)4/h7-14,17,22H,5-6,15-16,27H2,1-4H3,(H,28,31)/t22-/m0/s1. The molecule has 7 heteroatoms. The van der Waals surface area contributed by atoms with Gasteiger partial charge in [-0.1, -0.05) is 25.4 Å². The number of nitrogens with one attached hydrogen (secondary N) is 1. The summed E-state index contributed by atoms with van der Waals surface area (Å²) in [7, 11) is 0. The normalized spacial score (nSPS) is 16.3. The van der Waals surface area contributed by atoms with Gasteiger partial charge in [-0.05, 0) is 92.7 Å². The average Bonchev–Trinajstić information content (AvgIpc) is 3.23. The van der Waals surface area contributed by atoms with Gasteiger partial charge in [-0.2, -0.15) is 5.10 Å². The Labute approximate surface area is 195 Å². The Morgan fingerprint density at radius 3 is 2.34 bits per heavy atom. The van der Waals surface area contributed by atoms with Crippen molar-refractivity contribution in [3.8, 4) is 5.75 Å². The number of hydrogen-bond acceptors (Lipinski definition) is 4. The maximum Gasteiger partial charge on any atom is 0.342 e. The molecule has 0 saturated heterocycles. The summed E-state index contributed by atoms with van der Waals surface area (Å²) < 4.78 is 5.78. The third-order valence-electron chi connectivity index (χ3n) is 6.32. The molecule has 0 saturated carbocycles. The van der Waals surface area contributed by atoms with Gasteiger partial charge in [-0.3, -0.25) is 0 Å². The van der Waals surface area contributed by atoms with E-state index in [0.29, 0.717) is 23.8 Å². The van der Waals surface area contributed by atoms with E-state index in [1.54, 1.807) is 24.3 Å². The van der Waals surface area contributed by atoms with Gasteiger partial charge in [-0.15, -0.1) is 0 Å². The molecular weight excluding hydrogens is 424 g/mol. The van der Waals surface area contributed by atoms with Gasteiger partial charge in [0.05, 0.1) is 18.4 Å². The van der Waals surface area contributed by atoms with Crippen molar-refractivity contribution in [2.75, 3.05) is 18.4 Å². The Bertz CT molecular complexity index is 929. The summed E-state index contributed by atoms with van der Waals surface area (Å²) >= 11 is 5.95. The van der Waals surface area contributed by atoms with E-state index in [0.717, 1.165) is 29.9 Å². The van der Waals surface area contributed by atoms with E-state index in [-0.39, 0.29) is 23.5 Å². The molecule has 0 spiro atoms. The van der Waals surface area contributed by atoms with Crippen LogP contribution < -0.4 is 15.8 Å². The summed E-state index contributed by atoms with van der Waals surface area (Å²) in [5, 5.41) is 9.81. The van der Waals surface area contributed by atoms with Crippen LogP contribution in [0.4, 0.5) is 10.5 Å². The van der Waals surface area contributed by atoms with Gasteiger partial charge >= 0.3 is 6.03 Å². The number of urea groups is 1. The fourth-order valence-corrected chi connectivity index (χ4v) is 4.37. The second kappa shape index (κ2) is 10.4. The number of carbonyl (C=O) groups excluding carboxylic acids is 1. The second-order valence-corrected chi connectivity index (χ2v) is 8.96. The molecule has 0 unspecified atom stereocenters. The zero-order chi connectivity index (χ0) is 23.3. The molecule has 1 heterocycles. The summed E-state index contributed by atoms with van der Waals surface area (Å²) in [6.07, 6.45) is 1.92. The lowest BCUT2D eigenvalue weighted by Crippen LogP contribution is -2.43. The molecule has 3 N–H and O–H groups in total. The Morgan fingerprint density at radius 2 is 1.81 bits per heavy atom. The molecule has 0 aromatic heterocycles. The van der Waals surface area contributed by atoms with E-state index in [2.05, 4.69) is 19.2 Å². The van der Waals surface area contributed by atoms with Crippen LogP contribution in [0.3, 0.4) is 0 Å². The molecule has 1 aliphatic rings. The Hall–Kier alpha value is -2.57. The molecule has 0 aliphatic carbocycles. The maximum absolute atomic E-state index is 13.0. The number of hydrazone groups is 1. The first-order chi connectivity index (χ1) is 15.3. The average molecular weight is 457 g/mol. The molecule has 1 aliphatic heterocycles. The molecule has 1 atom stereocenters. The lowest BCUT2D eigenvalue weighted by atomic mass is 9.68. The molecule has 32 heavy (non-hydrogen) atoms. The van der Waals surface area contributed by atoms with Gasteiger partial charge in [0.25, 0.3) is 0 Å². The lowest BCUT2D eigenvalue weighted by molar-refractivity contribution is 0.172. The van der Waals surface area contributed by atoms with Crippen molar-refractivity contribution in [1.82, 2.24) is 5.01 Å². The highest BCUT2D eigenvalue weighted by Gasteiger charge is 2.43. The van der Waals surface area contributed by atoms with Crippen LogP contribution >= 0.6 is 11.6 Å². The van der Waals surface area contributed by atoms with Crippen molar-refractivity contribution in [2.24, 2.45) is 22.2 Å². The van der Waals surface area contributed by atoms with Crippen molar-refractivity contribution >= 4 is 29.0 Å². The van der Waals surface area contributed by atoms with Crippen LogP contribution in [0.25, 0.3) is 0 Å². The van der Waals surface area contributed by atoms with Crippen LogP contribution in [0, 0.1) is 11.3 Å². The summed E-state index contributed by atoms with van der Waals surface area (Å²) in [4.78, 5) is 13.0. The lowest BCUT2D eigenvalue weighted by Gasteiger charge is -2.37. The number of hydrogen-bond donors (Lipinski definition) is 2. The summed E-state index contributed by atoms with van der Waals surface area (Å²) in [6, 6.07) is 14.7. The molecule has 6 nitrogen and oxygen atoms in total. The summed E-state index contributed by atoms with van der Waals surface area (Å²) in [5.41, 5.74) is 8.68. The molecule has 3 rings (SSSR count). The molecule has 0 bridgehead atoms. The van der Waals surface area contributed by atoms with Crippen LogP contribution in [-0.4, -0.2) is 35.9 Å². The molecule has 2 aromatic rings. The van der Waals surface area contributed by atoms with Crippen molar-refractivity contribution in [3.63, 3.8) is 0 Å². The molecular formula is C25H33ClN4O2. The summed E-state index contributed by atoms with van der Waals surface area (Å²) in [6.45, 7) is 9.33. The fourth-order valence-electron chi connectivity index (χ4n) is 4.24. The maximum atomic E-state index is 13.0. The predicted molar refractivity (Wildman–Crippen MR) is 131 cm³/mol. The van der Waals surface area contributed by atoms with Gasteiger partial charge in [0.2, 0.25) is 0 Å². The zero-order valence-corrected chi connectivity index (χ0v) is 20.0. The minimum absolute atomic E-state index is 0.0373. The Kier molecular flexibility index (Phi) is 7.80. The SMILES string of the molecule is CCC(CC)(CN)[C@H]1CN(C(=O)Nc2ccc(Cl)cc2)N=C1c1ccc(OC(C)C)cc1. The van der Waals surface area contributed by atoms with Crippen LogP contribution in [0.1, 0.15) is 46.1 Å². The molecule has 2 aromatic carbocycles. The first-order valence-electron chi connectivity index (χ1n) is 11.2. The largest absolute Gasteiger partial charge is 0.491 e. The highest BCUT2D eigenvalue weighted by molar-refractivity contribution is 6.30. The van der Waals surface area contributed by atoms with Crippen molar-refractivity contribution in [1.29, 1.82) is 0 Å². The monoisotopic (exact) mass is 456 g/mol. The van der Waals surface area contributed by atoms with Crippen molar-refractivity contribution in [3.05, 3.63) is 59.1 Å². The van der Waals surface area contributed by atoms with E-state index < -0.39 is 0 Å². The number of benzene rings is 2. The first kappa shape index (κ1) is 24.1. The van der Waals surface area contributed by atoms with Crippen molar-refractivity contribution in [2.45, 2.75) is 46.6 Å². The molecule has 2 amide bonds. The van der Waals surface area contributed by atoms with Gasteiger partial charge in [0.15, 0.2) is 0 Å². The highest BCUT2D eigenvalue weighted by Crippen LogP contribution is 2.40. The molecule has 0 radical (unpaired) electrons. The topological polar surface area (TPSA) is 80.0 Å². The zero-order valence-electron chi connectivity index (χ0n) is 19.3. The first-order valence-corrected chi connectivity index (χ1v) is 11.6. The number of ether oxygens (including phenoxy) is 1. The van der Waals surface area contributed by atoms with Gasteiger partial charge in [0.1, 0.15) is 5.75 Å². The smallest absolute Gasteiger partial charge is 0.342 e.